The largest absolute Gasteiger partial charge is 0.470 e. The van der Waals surface area contributed by atoms with Crippen molar-refractivity contribution in [2.75, 3.05) is 13.1 Å². The van der Waals surface area contributed by atoms with Crippen molar-refractivity contribution in [3.63, 3.8) is 0 Å². The summed E-state index contributed by atoms with van der Waals surface area (Å²) in [6.45, 7) is 0.490. The average molecular weight is 440 g/mol. The molecule has 2 atom stereocenters. The molecule has 1 amide bonds. The maximum atomic E-state index is 13.6. The van der Waals surface area contributed by atoms with Crippen molar-refractivity contribution in [1.82, 2.24) is 29.0 Å². The number of carbonyl (C=O) groups excluding carboxylic acids is 1. The van der Waals surface area contributed by atoms with Crippen LogP contribution in [-0.2, 0) is 23.6 Å². The Balaban J connectivity index is 1.54. The lowest BCUT2D eigenvalue weighted by Crippen LogP contribution is -2.46. The van der Waals surface area contributed by atoms with Gasteiger partial charge in [0, 0.05) is 32.2 Å². The fourth-order valence-electron chi connectivity index (χ4n) is 4.02. The van der Waals surface area contributed by atoms with Crippen LogP contribution in [0.25, 0.3) is 0 Å². The van der Waals surface area contributed by atoms with Gasteiger partial charge in [-0.25, -0.2) is 13.4 Å². The summed E-state index contributed by atoms with van der Waals surface area (Å²) < 4.78 is 36.1. The SMILES string of the molecule is Cn1nccc1C(=O)N1C[C@H]2Oc3ncccc3S(=O)(=O)N(Cc3ccccn3)[C@H]2C1. The van der Waals surface area contributed by atoms with Crippen LogP contribution in [0.1, 0.15) is 16.2 Å². The number of sulfonamides is 1. The molecule has 160 valence electrons. The number of hydrogen-bond acceptors (Lipinski definition) is 7. The molecule has 1 saturated heterocycles. The molecule has 0 N–H and O–H groups in total. The van der Waals surface area contributed by atoms with E-state index in [1.807, 2.05) is 6.07 Å². The number of carbonyl (C=O) groups is 1. The first-order valence-corrected chi connectivity index (χ1v) is 11.2. The van der Waals surface area contributed by atoms with Gasteiger partial charge in [-0.05, 0) is 30.3 Å². The lowest BCUT2D eigenvalue weighted by atomic mass is 10.2. The maximum Gasteiger partial charge on any atom is 0.272 e. The van der Waals surface area contributed by atoms with Gasteiger partial charge in [-0.3, -0.25) is 14.5 Å². The Kier molecular flexibility index (Phi) is 4.71. The fraction of sp³-hybridized carbons (Fsp3) is 0.300. The molecule has 0 unspecified atom stereocenters. The summed E-state index contributed by atoms with van der Waals surface area (Å²) in [5.74, 6) is -0.177. The summed E-state index contributed by atoms with van der Waals surface area (Å²) in [6.07, 6.45) is 4.10. The quantitative estimate of drug-likeness (QED) is 0.589. The van der Waals surface area contributed by atoms with Crippen LogP contribution in [0.3, 0.4) is 0 Å². The first-order chi connectivity index (χ1) is 14.9. The molecule has 5 heterocycles. The summed E-state index contributed by atoms with van der Waals surface area (Å²) >= 11 is 0. The molecule has 0 bridgehead atoms. The molecule has 11 heteroatoms. The molecule has 0 radical (unpaired) electrons. The number of rotatable bonds is 3. The molecular formula is C20H20N6O4S. The lowest BCUT2D eigenvalue weighted by Gasteiger charge is -2.27. The number of aromatic nitrogens is 4. The zero-order valence-corrected chi connectivity index (χ0v) is 17.5. The Hall–Kier alpha value is -3.31. The molecule has 0 saturated carbocycles. The van der Waals surface area contributed by atoms with E-state index in [-0.39, 0.29) is 36.3 Å². The van der Waals surface area contributed by atoms with E-state index >= 15 is 0 Å². The molecule has 3 aromatic rings. The minimum atomic E-state index is -3.93. The predicted molar refractivity (Wildman–Crippen MR) is 109 cm³/mol. The number of amides is 1. The van der Waals surface area contributed by atoms with Gasteiger partial charge < -0.3 is 9.64 Å². The Morgan fingerprint density at radius 3 is 2.68 bits per heavy atom. The molecule has 10 nitrogen and oxygen atoms in total. The van der Waals surface area contributed by atoms with Gasteiger partial charge in [-0.15, -0.1) is 0 Å². The zero-order chi connectivity index (χ0) is 21.6. The molecule has 31 heavy (non-hydrogen) atoms. The van der Waals surface area contributed by atoms with Crippen molar-refractivity contribution in [2.45, 2.75) is 23.6 Å². The summed E-state index contributed by atoms with van der Waals surface area (Å²) in [5.41, 5.74) is 1.03. The maximum absolute atomic E-state index is 13.6. The van der Waals surface area contributed by atoms with Crippen LogP contribution in [-0.4, -0.2) is 68.5 Å². The van der Waals surface area contributed by atoms with Crippen LogP contribution in [0.4, 0.5) is 0 Å². The lowest BCUT2D eigenvalue weighted by molar-refractivity contribution is 0.0759. The van der Waals surface area contributed by atoms with Crippen molar-refractivity contribution in [3.8, 4) is 5.88 Å². The molecule has 0 aromatic carbocycles. The Morgan fingerprint density at radius 2 is 1.94 bits per heavy atom. The molecule has 2 aliphatic heterocycles. The van der Waals surface area contributed by atoms with Crippen LogP contribution in [0.2, 0.25) is 0 Å². The zero-order valence-electron chi connectivity index (χ0n) is 16.7. The highest BCUT2D eigenvalue weighted by molar-refractivity contribution is 7.89. The van der Waals surface area contributed by atoms with Crippen molar-refractivity contribution < 1.29 is 17.9 Å². The van der Waals surface area contributed by atoms with E-state index in [1.54, 1.807) is 48.6 Å². The molecule has 1 fully saturated rings. The molecule has 0 aliphatic carbocycles. The second kappa shape index (κ2) is 7.43. The third-order valence-electron chi connectivity index (χ3n) is 5.56. The van der Waals surface area contributed by atoms with Crippen LogP contribution in [0, 0.1) is 0 Å². The number of fused-ring (bicyclic) bond motifs is 2. The van der Waals surface area contributed by atoms with Crippen molar-refractivity contribution in [2.24, 2.45) is 7.05 Å². The number of hydrogen-bond donors (Lipinski definition) is 0. The summed E-state index contributed by atoms with van der Waals surface area (Å²) in [7, 11) is -2.24. The highest BCUT2D eigenvalue weighted by Crippen LogP contribution is 2.35. The number of pyridine rings is 2. The van der Waals surface area contributed by atoms with Crippen molar-refractivity contribution in [3.05, 3.63) is 66.4 Å². The molecule has 3 aromatic heterocycles. The summed E-state index contributed by atoms with van der Waals surface area (Å²) in [6, 6.07) is 9.46. The van der Waals surface area contributed by atoms with E-state index in [4.69, 9.17) is 4.74 Å². The molecule has 5 rings (SSSR count). The minimum Gasteiger partial charge on any atom is -0.470 e. The Labute approximate surface area is 179 Å². The van der Waals surface area contributed by atoms with Gasteiger partial charge in [0.25, 0.3) is 5.91 Å². The van der Waals surface area contributed by atoms with E-state index in [0.717, 1.165) is 0 Å². The van der Waals surface area contributed by atoms with Gasteiger partial charge in [0.2, 0.25) is 15.9 Å². The monoisotopic (exact) mass is 440 g/mol. The van der Waals surface area contributed by atoms with E-state index in [2.05, 4.69) is 15.1 Å². The first kappa shape index (κ1) is 19.6. The second-order valence-corrected chi connectivity index (χ2v) is 9.31. The van der Waals surface area contributed by atoms with Crippen LogP contribution in [0.5, 0.6) is 5.88 Å². The minimum absolute atomic E-state index is 0.0184. The highest BCUT2D eigenvalue weighted by atomic mass is 32.2. The standard InChI is InChI=1S/C20H20N6O4S/c1-24-15(7-10-23-24)20(27)25-12-16-17(13-25)30-19-18(6-4-9-22-19)31(28,29)26(16)11-14-5-2-3-8-21-14/h2-10,16-17H,11-13H2,1H3/t16-,17+/m0/s1. The van der Waals surface area contributed by atoms with Gasteiger partial charge in [-0.2, -0.15) is 9.40 Å². The Bertz CT molecular complexity index is 1230. The first-order valence-electron chi connectivity index (χ1n) is 9.76. The van der Waals surface area contributed by atoms with Gasteiger partial charge in [0.1, 0.15) is 16.7 Å². The normalized spacial score (nSPS) is 22.3. The number of likely N-dealkylation sites (tertiary alicyclic amines) is 1. The third kappa shape index (κ3) is 3.35. The fourth-order valence-corrected chi connectivity index (χ4v) is 5.71. The van der Waals surface area contributed by atoms with Crippen LogP contribution < -0.4 is 4.74 Å². The highest BCUT2D eigenvalue weighted by Gasteiger charge is 2.49. The van der Waals surface area contributed by atoms with E-state index in [1.165, 1.54) is 21.3 Å². The molecule has 2 aliphatic rings. The van der Waals surface area contributed by atoms with E-state index < -0.39 is 22.2 Å². The van der Waals surface area contributed by atoms with Gasteiger partial charge in [0.05, 0.1) is 24.8 Å². The topological polar surface area (TPSA) is 111 Å². The summed E-state index contributed by atoms with van der Waals surface area (Å²) in [4.78, 5) is 23.1. The predicted octanol–water partition coefficient (Wildman–Crippen LogP) is 0.687. The number of nitrogens with zero attached hydrogens (tertiary/aromatic N) is 6. The summed E-state index contributed by atoms with van der Waals surface area (Å²) in [5, 5.41) is 4.05. The second-order valence-electron chi connectivity index (χ2n) is 7.45. The van der Waals surface area contributed by atoms with Crippen LogP contribution >= 0.6 is 0 Å². The van der Waals surface area contributed by atoms with E-state index in [9.17, 15) is 13.2 Å². The van der Waals surface area contributed by atoms with Crippen LogP contribution in [0.15, 0.2) is 59.9 Å². The van der Waals surface area contributed by atoms with Gasteiger partial charge >= 0.3 is 0 Å². The smallest absolute Gasteiger partial charge is 0.272 e. The number of ether oxygens (including phenoxy) is 1. The van der Waals surface area contributed by atoms with Crippen molar-refractivity contribution >= 4 is 15.9 Å². The number of aryl methyl sites for hydroxylation is 1. The van der Waals surface area contributed by atoms with Gasteiger partial charge in [-0.1, -0.05) is 6.07 Å². The van der Waals surface area contributed by atoms with Gasteiger partial charge in [0.15, 0.2) is 0 Å². The van der Waals surface area contributed by atoms with Crippen molar-refractivity contribution in [1.29, 1.82) is 0 Å². The third-order valence-corrected chi connectivity index (χ3v) is 7.45. The average Bonchev–Trinajstić information content (AvgIpc) is 3.37. The molecular weight excluding hydrogens is 420 g/mol. The molecule has 0 spiro atoms. The Morgan fingerprint density at radius 1 is 1.10 bits per heavy atom. The van der Waals surface area contributed by atoms with E-state index in [0.29, 0.717) is 11.4 Å².